The van der Waals surface area contributed by atoms with Crippen LogP contribution < -0.4 is 9.54 Å². The van der Waals surface area contributed by atoms with Crippen LogP contribution in [0.25, 0.3) is 10.2 Å². The number of hydrogen-bond acceptors (Lipinski definition) is 6. The number of hydrogen-bond donors (Lipinski definition) is 0. The first-order chi connectivity index (χ1) is 16.1. The van der Waals surface area contributed by atoms with Crippen molar-refractivity contribution < 1.29 is 23.8 Å². The van der Waals surface area contributed by atoms with Crippen LogP contribution in [0.1, 0.15) is 20.7 Å². The maximum absolute atomic E-state index is 12.9. The van der Waals surface area contributed by atoms with E-state index in [2.05, 4.69) is 4.99 Å². The molecule has 168 valence electrons. The molecule has 1 amide bonds. The van der Waals surface area contributed by atoms with E-state index < -0.39 is 5.97 Å². The minimum absolute atomic E-state index is 0.368. The molecule has 0 N–H and O–H groups in total. The van der Waals surface area contributed by atoms with Crippen molar-refractivity contribution in [1.29, 1.82) is 0 Å². The predicted molar refractivity (Wildman–Crippen MR) is 126 cm³/mol. The first-order valence-electron chi connectivity index (χ1n) is 10.2. The molecule has 33 heavy (non-hydrogen) atoms. The molecule has 1 heterocycles. The first-order valence-corrected chi connectivity index (χ1v) is 11.0. The van der Waals surface area contributed by atoms with Crippen molar-refractivity contribution in [3.63, 3.8) is 0 Å². The Morgan fingerprint density at radius 2 is 1.61 bits per heavy atom. The summed E-state index contributed by atoms with van der Waals surface area (Å²) >= 11 is 1.33. The maximum atomic E-state index is 12.9. The molecule has 0 unspecified atom stereocenters. The highest BCUT2D eigenvalue weighted by molar-refractivity contribution is 7.16. The average Bonchev–Trinajstić information content (AvgIpc) is 3.19. The summed E-state index contributed by atoms with van der Waals surface area (Å²) in [5.41, 5.74) is 1.75. The molecule has 0 fully saturated rings. The van der Waals surface area contributed by atoms with Crippen LogP contribution in [0, 0.1) is 0 Å². The van der Waals surface area contributed by atoms with Gasteiger partial charge in [-0.05, 0) is 54.6 Å². The van der Waals surface area contributed by atoms with Crippen LogP contribution in [0.4, 0.5) is 0 Å². The summed E-state index contributed by atoms with van der Waals surface area (Å²) in [5, 5.41) is 0. The van der Waals surface area contributed by atoms with E-state index in [4.69, 9.17) is 14.2 Å². The lowest BCUT2D eigenvalue weighted by molar-refractivity contribution is 0.0600. The molecule has 0 bridgehead atoms. The van der Waals surface area contributed by atoms with Gasteiger partial charge in [-0.25, -0.2) is 4.79 Å². The molecule has 8 heteroatoms. The van der Waals surface area contributed by atoms with Crippen LogP contribution in [-0.4, -0.2) is 37.3 Å². The van der Waals surface area contributed by atoms with Crippen molar-refractivity contribution >= 4 is 33.4 Å². The minimum atomic E-state index is -0.416. The number of benzene rings is 3. The fourth-order valence-corrected chi connectivity index (χ4v) is 4.34. The summed E-state index contributed by atoms with van der Waals surface area (Å²) in [4.78, 5) is 29.7. The number of aromatic nitrogens is 1. The zero-order valence-corrected chi connectivity index (χ0v) is 19.0. The molecule has 4 aromatic rings. The third-order valence-corrected chi connectivity index (χ3v) is 5.94. The standard InChI is InChI=1S/C25H22N2O5S/c1-30-15-14-27-21-13-10-18(24(29)31-2)16-22(21)33-25(27)26-23(28)17-8-11-20(12-9-17)32-19-6-4-3-5-7-19/h3-13,16H,14-15H2,1-2H3. The molecule has 7 nitrogen and oxygen atoms in total. The Hall–Kier alpha value is -3.75. The molecule has 0 radical (unpaired) electrons. The Bertz CT molecular complexity index is 1340. The number of ether oxygens (including phenoxy) is 3. The number of amides is 1. The monoisotopic (exact) mass is 462 g/mol. The second kappa shape index (κ2) is 10.2. The lowest BCUT2D eigenvalue weighted by Gasteiger charge is -2.06. The number of fused-ring (bicyclic) bond motifs is 1. The Morgan fingerprint density at radius 3 is 2.30 bits per heavy atom. The smallest absolute Gasteiger partial charge is 0.337 e. The topological polar surface area (TPSA) is 79.1 Å². The lowest BCUT2D eigenvalue weighted by atomic mass is 10.2. The van der Waals surface area contributed by atoms with E-state index in [1.54, 1.807) is 43.5 Å². The first kappa shape index (κ1) is 22.4. The van der Waals surface area contributed by atoms with Gasteiger partial charge in [-0.15, -0.1) is 0 Å². The van der Waals surface area contributed by atoms with Gasteiger partial charge in [0.1, 0.15) is 11.5 Å². The molecular formula is C25H22N2O5S. The van der Waals surface area contributed by atoms with Gasteiger partial charge in [0.15, 0.2) is 4.80 Å². The van der Waals surface area contributed by atoms with Gasteiger partial charge in [0.25, 0.3) is 5.91 Å². The predicted octanol–water partition coefficient (Wildman–Crippen LogP) is 4.67. The highest BCUT2D eigenvalue weighted by atomic mass is 32.1. The molecule has 0 saturated heterocycles. The van der Waals surface area contributed by atoms with Crippen molar-refractivity contribution in [2.45, 2.75) is 6.54 Å². The number of carbonyl (C=O) groups excluding carboxylic acids is 2. The van der Waals surface area contributed by atoms with Crippen LogP contribution >= 0.6 is 11.3 Å². The lowest BCUT2D eigenvalue weighted by Crippen LogP contribution is -2.19. The van der Waals surface area contributed by atoms with E-state index in [-0.39, 0.29) is 5.91 Å². The van der Waals surface area contributed by atoms with Gasteiger partial charge in [0, 0.05) is 19.2 Å². The van der Waals surface area contributed by atoms with Gasteiger partial charge in [-0.1, -0.05) is 29.5 Å². The zero-order valence-electron chi connectivity index (χ0n) is 18.2. The number of methoxy groups -OCH3 is 2. The van der Waals surface area contributed by atoms with E-state index in [1.807, 2.05) is 41.0 Å². The second-order valence-electron chi connectivity index (χ2n) is 7.06. The third kappa shape index (κ3) is 5.19. The molecule has 0 spiro atoms. The Balaban J connectivity index is 1.65. The van der Waals surface area contributed by atoms with Crippen molar-refractivity contribution in [2.75, 3.05) is 20.8 Å². The quantitative estimate of drug-likeness (QED) is 0.373. The molecule has 0 aliphatic carbocycles. The van der Waals surface area contributed by atoms with Crippen LogP contribution in [0.3, 0.4) is 0 Å². The van der Waals surface area contributed by atoms with E-state index in [0.29, 0.717) is 34.8 Å². The van der Waals surface area contributed by atoms with Crippen molar-refractivity contribution in [3.05, 3.63) is 88.7 Å². The Labute approximate surface area is 194 Å². The normalized spacial score (nSPS) is 11.5. The SMILES string of the molecule is COCCn1c(=NC(=O)c2ccc(Oc3ccccc3)cc2)sc2cc(C(=O)OC)ccc21. The van der Waals surface area contributed by atoms with E-state index in [0.717, 1.165) is 16.0 Å². The van der Waals surface area contributed by atoms with E-state index in [1.165, 1.54) is 18.4 Å². The Morgan fingerprint density at radius 1 is 0.909 bits per heavy atom. The van der Waals surface area contributed by atoms with Gasteiger partial charge >= 0.3 is 5.97 Å². The molecule has 0 atom stereocenters. The highest BCUT2D eigenvalue weighted by Crippen LogP contribution is 2.22. The summed E-state index contributed by atoms with van der Waals surface area (Å²) in [7, 11) is 2.96. The van der Waals surface area contributed by atoms with Crippen LogP contribution in [0.15, 0.2) is 77.8 Å². The number of carbonyl (C=O) groups is 2. The van der Waals surface area contributed by atoms with Gasteiger partial charge in [0.2, 0.25) is 0 Å². The van der Waals surface area contributed by atoms with Crippen LogP contribution in [0.5, 0.6) is 11.5 Å². The summed E-state index contributed by atoms with van der Waals surface area (Å²) in [6, 6.07) is 21.5. The minimum Gasteiger partial charge on any atom is -0.465 e. The van der Waals surface area contributed by atoms with Crippen molar-refractivity contribution in [3.8, 4) is 11.5 Å². The molecule has 4 rings (SSSR count). The van der Waals surface area contributed by atoms with Crippen molar-refractivity contribution in [1.82, 2.24) is 4.57 Å². The third-order valence-electron chi connectivity index (χ3n) is 4.90. The fourth-order valence-electron chi connectivity index (χ4n) is 3.24. The summed E-state index contributed by atoms with van der Waals surface area (Å²) < 4.78 is 18.5. The second-order valence-corrected chi connectivity index (χ2v) is 8.07. The maximum Gasteiger partial charge on any atom is 0.337 e. The summed E-state index contributed by atoms with van der Waals surface area (Å²) in [6.45, 7) is 0.974. The van der Waals surface area contributed by atoms with Crippen LogP contribution in [-0.2, 0) is 16.0 Å². The molecular weight excluding hydrogens is 440 g/mol. The average molecular weight is 463 g/mol. The number of nitrogens with zero attached hydrogens (tertiary/aromatic N) is 2. The number of esters is 1. The molecule has 0 aliphatic rings. The van der Waals surface area contributed by atoms with Gasteiger partial charge < -0.3 is 18.8 Å². The fraction of sp³-hybridized carbons (Fsp3) is 0.160. The highest BCUT2D eigenvalue weighted by Gasteiger charge is 2.13. The largest absolute Gasteiger partial charge is 0.465 e. The number of thiazole rings is 1. The van der Waals surface area contributed by atoms with Crippen LogP contribution in [0.2, 0.25) is 0 Å². The molecule has 1 aromatic heterocycles. The number of para-hydroxylation sites is 1. The van der Waals surface area contributed by atoms with E-state index >= 15 is 0 Å². The summed E-state index contributed by atoms with van der Waals surface area (Å²) in [6.07, 6.45) is 0. The number of rotatable bonds is 7. The summed E-state index contributed by atoms with van der Waals surface area (Å²) in [5.74, 6) is 0.565. The van der Waals surface area contributed by atoms with Gasteiger partial charge in [0.05, 0.1) is 29.5 Å². The van der Waals surface area contributed by atoms with Crippen molar-refractivity contribution in [2.24, 2.45) is 4.99 Å². The molecule has 0 saturated carbocycles. The molecule has 0 aliphatic heterocycles. The van der Waals surface area contributed by atoms with Gasteiger partial charge in [-0.3, -0.25) is 4.79 Å². The van der Waals surface area contributed by atoms with E-state index in [9.17, 15) is 9.59 Å². The Kier molecular flexibility index (Phi) is 6.97. The molecule has 3 aromatic carbocycles. The zero-order chi connectivity index (χ0) is 23.2. The van der Waals surface area contributed by atoms with Gasteiger partial charge in [-0.2, -0.15) is 4.99 Å².